The molecule has 3 N–H and O–H groups in total. The summed E-state index contributed by atoms with van der Waals surface area (Å²) >= 11 is 1.24. The third kappa shape index (κ3) is 3.39. The lowest BCUT2D eigenvalue weighted by molar-refractivity contribution is -0.117. The van der Waals surface area contributed by atoms with Gasteiger partial charge in [0, 0.05) is 30.4 Å². The Balaban J connectivity index is 2.07. The van der Waals surface area contributed by atoms with Gasteiger partial charge >= 0.3 is 0 Å². The summed E-state index contributed by atoms with van der Waals surface area (Å²) in [6.45, 7) is 2.20. The normalized spacial score (nSPS) is 10.2. The zero-order chi connectivity index (χ0) is 14.5. The molecule has 0 radical (unpaired) electrons. The first kappa shape index (κ1) is 14.1. The smallest absolute Gasteiger partial charge is 0.219 e. The van der Waals surface area contributed by atoms with Crippen LogP contribution in [0.2, 0.25) is 0 Å². The number of pyridine rings is 1. The number of carbonyl (C=O) groups is 2. The highest BCUT2D eigenvalue weighted by molar-refractivity contribution is 7.17. The van der Waals surface area contributed by atoms with Gasteiger partial charge in [-0.2, -0.15) is 0 Å². The van der Waals surface area contributed by atoms with E-state index in [4.69, 9.17) is 5.73 Å². The van der Waals surface area contributed by atoms with E-state index in [0.29, 0.717) is 27.8 Å². The van der Waals surface area contributed by atoms with E-state index in [0.717, 1.165) is 0 Å². The fourth-order valence-corrected chi connectivity index (χ4v) is 2.41. The van der Waals surface area contributed by atoms with Crippen LogP contribution in [-0.2, 0) is 4.79 Å². The van der Waals surface area contributed by atoms with Crippen LogP contribution in [0.15, 0.2) is 24.5 Å². The van der Waals surface area contributed by atoms with Crippen molar-refractivity contribution in [3.05, 3.63) is 40.7 Å². The van der Waals surface area contributed by atoms with E-state index in [1.807, 2.05) is 0 Å². The van der Waals surface area contributed by atoms with Crippen LogP contribution in [0.25, 0.3) is 0 Å². The first-order chi connectivity index (χ1) is 9.58. The van der Waals surface area contributed by atoms with Crippen molar-refractivity contribution in [3.63, 3.8) is 0 Å². The molecule has 0 spiro atoms. The zero-order valence-corrected chi connectivity index (χ0v) is 11.7. The lowest BCUT2D eigenvalue weighted by atomic mass is 10.1. The van der Waals surface area contributed by atoms with Gasteiger partial charge < -0.3 is 11.1 Å². The molecule has 0 aliphatic rings. The summed E-state index contributed by atoms with van der Waals surface area (Å²) in [6.07, 6.45) is 3.40. The van der Waals surface area contributed by atoms with Crippen molar-refractivity contribution in [2.24, 2.45) is 5.73 Å². The Labute approximate surface area is 120 Å². The molecule has 2 aromatic heterocycles. The van der Waals surface area contributed by atoms with Gasteiger partial charge in [0.05, 0.1) is 11.1 Å². The van der Waals surface area contributed by atoms with Crippen molar-refractivity contribution in [1.82, 2.24) is 9.97 Å². The standard InChI is InChI=1S/C13H14N4O2S/c1-8-9(3-2-5-15-8)12(19)10-7-17-13(20-10)16-6-4-11(14)18/h2-3,5,7H,4,6H2,1H3,(H2,14,18)(H,16,17). The van der Waals surface area contributed by atoms with E-state index < -0.39 is 0 Å². The number of carbonyl (C=O) groups excluding carboxylic acids is 2. The topological polar surface area (TPSA) is 98.0 Å². The maximum Gasteiger partial charge on any atom is 0.219 e. The van der Waals surface area contributed by atoms with E-state index >= 15 is 0 Å². The third-order valence-electron chi connectivity index (χ3n) is 2.63. The predicted octanol–water partition coefficient (Wildman–Crippen LogP) is 1.36. The number of thiazole rings is 1. The molecule has 2 aromatic rings. The number of ketones is 1. The molecule has 2 heterocycles. The van der Waals surface area contributed by atoms with Crippen LogP contribution in [-0.4, -0.2) is 28.2 Å². The Kier molecular flexibility index (Phi) is 4.41. The molecule has 0 aromatic carbocycles. The number of aryl methyl sites for hydroxylation is 1. The van der Waals surface area contributed by atoms with Crippen LogP contribution < -0.4 is 11.1 Å². The van der Waals surface area contributed by atoms with E-state index in [1.165, 1.54) is 17.5 Å². The summed E-state index contributed by atoms with van der Waals surface area (Å²) in [4.78, 5) is 31.7. The quantitative estimate of drug-likeness (QED) is 0.783. The maximum atomic E-state index is 12.3. The molecule has 2 rings (SSSR count). The monoisotopic (exact) mass is 290 g/mol. The number of primary amides is 1. The number of anilines is 1. The van der Waals surface area contributed by atoms with Gasteiger partial charge in [-0.15, -0.1) is 0 Å². The molecule has 0 atom stereocenters. The van der Waals surface area contributed by atoms with Gasteiger partial charge in [0.25, 0.3) is 0 Å². The second-order valence-corrected chi connectivity index (χ2v) is 5.17. The molecular weight excluding hydrogens is 276 g/mol. The lowest BCUT2D eigenvalue weighted by Gasteiger charge is -2.01. The molecule has 0 saturated carbocycles. The first-order valence-electron chi connectivity index (χ1n) is 6.02. The summed E-state index contributed by atoms with van der Waals surface area (Å²) in [5.41, 5.74) is 6.30. The van der Waals surface area contributed by atoms with Gasteiger partial charge in [0.1, 0.15) is 0 Å². The van der Waals surface area contributed by atoms with Crippen molar-refractivity contribution in [3.8, 4) is 0 Å². The van der Waals surface area contributed by atoms with Crippen molar-refractivity contribution in [2.45, 2.75) is 13.3 Å². The summed E-state index contributed by atoms with van der Waals surface area (Å²) in [6, 6.07) is 3.47. The van der Waals surface area contributed by atoms with E-state index in [1.54, 1.807) is 25.3 Å². The Bertz CT molecular complexity index is 639. The molecule has 20 heavy (non-hydrogen) atoms. The third-order valence-corrected chi connectivity index (χ3v) is 3.58. The molecule has 0 saturated heterocycles. The fraction of sp³-hybridized carbons (Fsp3) is 0.231. The minimum absolute atomic E-state index is 0.101. The minimum Gasteiger partial charge on any atom is -0.370 e. The van der Waals surface area contributed by atoms with Crippen molar-refractivity contribution < 1.29 is 9.59 Å². The van der Waals surface area contributed by atoms with E-state index in [2.05, 4.69) is 15.3 Å². The number of nitrogens with one attached hydrogen (secondary N) is 1. The number of nitrogens with zero attached hydrogens (tertiary/aromatic N) is 2. The Morgan fingerprint density at radius 2 is 2.20 bits per heavy atom. The molecule has 0 aliphatic heterocycles. The van der Waals surface area contributed by atoms with Gasteiger partial charge in [-0.3, -0.25) is 14.6 Å². The van der Waals surface area contributed by atoms with Crippen LogP contribution in [0, 0.1) is 6.92 Å². The number of rotatable bonds is 6. The van der Waals surface area contributed by atoms with Gasteiger partial charge in [0.15, 0.2) is 5.13 Å². The number of hydrogen-bond donors (Lipinski definition) is 2. The van der Waals surface area contributed by atoms with E-state index in [-0.39, 0.29) is 18.1 Å². The molecule has 0 aliphatic carbocycles. The highest BCUT2D eigenvalue weighted by Crippen LogP contribution is 2.21. The molecule has 7 heteroatoms. The average Bonchev–Trinajstić information content (AvgIpc) is 2.87. The summed E-state index contributed by atoms with van der Waals surface area (Å²) in [7, 11) is 0. The highest BCUT2D eigenvalue weighted by Gasteiger charge is 2.15. The van der Waals surface area contributed by atoms with Crippen LogP contribution >= 0.6 is 11.3 Å². The molecule has 1 amide bonds. The number of hydrogen-bond acceptors (Lipinski definition) is 6. The highest BCUT2D eigenvalue weighted by atomic mass is 32.1. The molecule has 0 fully saturated rings. The van der Waals surface area contributed by atoms with Gasteiger partial charge in [-0.05, 0) is 19.1 Å². The largest absolute Gasteiger partial charge is 0.370 e. The molecule has 6 nitrogen and oxygen atoms in total. The van der Waals surface area contributed by atoms with E-state index in [9.17, 15) is 9.59 Å². The first-order valence-corrected chi connectivity index (χ1v) is 6.84. The lowest BCUT2D eigenvalue weighted by Crippen LogP contribution is -2.15. The van der Waals surface area contributed by atoms with Crippen LogP contribution in [0.5, 0.6) is 0 Å². The van der Waals surface area contributed by atoms with Crippen LogP contribution in [0.4, 0.5) is 5.13 Å². The summed E-state index contributed by atoms with van der Waals surface area (Å²) in [5.74, 6) is -0.479. The Morgan fingerprint density at radius 3 is 2.90 bits per heavy atom. The minimum atomic E-state index is -0.378. The number of amides is 1. The second kappa shape index (κ2) is 6.25. The number of nitrogens with two attached hydrogens (primary N) is 1. The predicted molar refractivity (Wildman–Crippen MR) is 76.8 cm³/mol. The molecule has 0 bridgehead atoms. The van der Waals surface area contributed by atoms with Crippen molar-refractivity contribution >= 4 is 28.2 Å². The SMILES string of the molecule is Cc1ncccc1C(=O)c1cnc(NCCC(N)=O)s1. The summed E-state index contributed by atoms with van der Waals surface area (Å²) in [5, 5.41) is 3.55. The second-order valence-electron chi connectivity index (χ2n) is 4.14. The fourth-order valence-electron chi connectivity index (χ4n) is 1.61. The summed E-state index contributed by atoms with van der Waals surface area (Å²) < 4.78 is 0. The number of aromatic nitrogens is 2. The van der Waals surface area contributed by atoms with Crippen LogP contribution in [0.3, 0.4) is 0 Å². The molecule has 0 unspecified atom stereocenters. The van der Waals surface area contributed by atoms with Crippen molar-refractivity contribution in [2.75, 3.05) is 11.9 Å². The van der Waals surface area contributed by atoms with Gasteiger partial charge in [0.2, 0.25) is 11.7 Å². The molecular formula is C13H14N4O2S. The molecule has 104 valence electrons. The maximum absolute atomic E-state index is 12.3. The van der Waals surface area contributed by atoms with Gasteiger partial charge in [-0.25, -0.2) is 4.98 Å². The van der Waals surface area contributed by atoms with Crippen molar-refractivity contribution in [1.29, 1.82) is 0 Å². The van der Waals surface area contributed by atoms with Gasteiger partial charge in [-0.1, -0.05) is 11.3 Å². The zero-order valence-electron chi connectivity index (χ0n) is 10.9. The Hall–Kier alpha value is -2.28. The van der Waals surface area contributed by atoms with Crippen LogP contribution in [0.1, 0.15) is 27.3 Å². The average molecular weight is 290 g/mol. The Morgan fingerprint density at radius 1 is 1.40 bits per heavy atom.